The molecule has 0 radical (unpaired) electrons. The highest BCUT2D eigenvalue weighted by Gasteiger charge is 2.60. The summed E-state index contributed by atoms with van der Waals surface area (Å²) in [7, 11) is 0. The molecule has 0 aliphatic carbocycles. The lowest BCUT2D eigenvalue weighted by Gasteiger charge is -2.32. The Morgan fingerprint density at radius 2 is 2.00 bits per heavy atom. The Kier molecular flexibility index (Phi) is 3.08. The van der Waals surface area contributed by atoms with Crippen LogP contribution in [0.25, 0.3) is 0 Å². The average Bonchev–Trinajstić information content (AvgIpc) is 2.84. The van der Waals surface area contributed by atoms with E-state index in [1.165, 1.54) is 4.90 Å². The SMILES string of the molecule is CCN1C(=O)C2(C(C#N)=C(N)Oc3[nH]c(=O)[nH]c(=O)c32)c2ccccc21. The molecule has 0 bridgehead atoms. The van der Waals surface area contributed by atoms with Crippen molar-refractivity contribution in [2.75, 3.05) is 11.4 Å². The predicted octanol–water partition coefficient (Wildman–Crippen LogP) is -0.198. The number of carbonyl (C=O) groups is 1. The van der Waals surface area contributed by atoms with Crippen molar-refractivity contribution in [3.05, 3.63) is 67.7 Å². The Bertz CT molecular complexity index is 1150. The second kappa shape index (κ2) is 5.10. The minimum atomic E-state index is -1.77. The molecule has 4 N–H and O–H groups in total. The number of amides is 1. The standard InChI is InChI=1S/C17H13N5O4/c1-2-22-10-6-4-3-5-8(10)17(15(22)24)9(7-18)12(19)26-14-11(17)13(23)20-16(25)21-14/h3-6H,2,19H2,1H3,(H2,20,21,23,25). The van der Waals surface area contributed by atoms with Crippen molar-refractivity contribution in [3.63, 3.8) is 0 Å². The lowest BCUT2D eigenvalue weighted by molar-refractivity contribution is -0.121. The molecule has 1 aromatic carbocycles. The molecule has 1 aromatic heterocycles. The van der Waals surface area contributed by atoms with Gasteiger partial charge in [0.25, 0.3) is 5.56 Å². The minimum absolute atomic E-state index is 0.156. The van der Waals surface area contributed by atoms with Gasteiger partial charge < -0.3 is 15.4 Å². The number of aromatic amines is 2. The highest BCUT2D eigenvalue weighted by molar-refractivity contribution is 6.14. The largest absolute Gasteiger partial charge is 0.423 e. The summed E-state index contributed by atoms with van der Waals surface area (Å²) in [6.45, 7) is 2.11. The molecule has 1 spiro atoms. The molecule has 2 aliphatic rings. The Morgan fingerprint density at radius 3 is 2.69 bits per heavy atom. The van der Waals surface area contributed by atoms with Crippen LogP contribution in [0.2, 0.25) is 0 Å². The number of nitrogens with one attached hydrogen (secondary N) is 2. The summed E-state index contributed by atoms with van der Waals surface area (Å²) in [5.41, 5.74) is 3.18. The number of fused-ring (bicyclic) bond motifs is 4. The molecule has 0 fully saturated rings. The van der Waals surface area contributed by atoms with Crippen LogP contribution < -0.4 is 26.6 Å². The topological polar surface area (TPSA) is 145 Å². The van der Waals surface area contributed by atoms with Gasteiger partial charge in [0.1, 0.15) is 17.2 Å². The summed E-state index contributed by atoms with van der Waals surface area (Å²) in [4.78, 5) is 43.7. The van der Waals surface area contributed by atoms with E-state index >= 15 is 0 Å². The fourth-order valence-corrected chi connectivity index (χ4v) is 3.74. The molecule has 1 atom stereocenters. The van der Waals surface area contributed by atoms with Gasteiger partial charge in [-0.05, 0) is 13.0 Å². The van der Waals surface area contributed by atoms with Crippen molar-refractivity contribution in [3.8, 4) is 11.9 Å². The molecule has 26 heavy (non-hydrogen) atoms. The third-order valence-electron chi connectivity index (χ3n) is 4.71. The van der Waals surface area contributed by atoms with Crippen LogP contribution in [0.3, 0.4) is 0 Å². The van der Waals surface area contributed by atoms with E-state index < -0.39 is 22.6 Å². The highest BCUT2D eigenvalue weighted by Crippen LogP contribution is 2.53. The molecule has 4 rings (SSSR count). The number of aromatic nitrogens is 2. The molecule has 2 aromatic rings. The zero-order valence-electron chi connectivity index (χ0n) is 13.6. The number of hydrogen-bond acceptors (Lipinski definition) is 6. The van der Waals surface area contributed by atoms with Crippen LogP contribution in [-0.4, -0.2) is 22.4 Å². The van der Waals surface area contributed by atoms with Gasteiger partial charge in [0.15, 0.2) is 5.41 Å². The second-order valence-electron chi connectivity index (χ2n) is 5.88. The van der Waals surface area contributed by atoms with Gasteiger partial charge in [0.2, 0.25) is 17.7 Å². The number of H-pyrrole nitrogens is 2. The first-order valence-corrected chi connectivity index (χ1v) is 7.83. The number of carbonyl (C=O) groups excluding carboxylic acids is 1. The van der Waals surface area contributed by atoms with Crippen molar-refractivity contribution in [1.29, 1.82) is 5.26 Å². The van der Waals surface area contributed by atoms with Crippen molar-refractivity contribution in [1.82, 2.24) is 9.97 Å². The number of hydrogen-bond donors (Lipinski definition) is 3. The number of likely N-dealkylation sites (N-methyl/N-ethyl adjacent to an activating group) is 1. The van der Waals surface area contributed by atoms with Crippen molar-refractivity contribution in [2.45, 2.75) is 12.3 Å². The van der Waals surface area contributed by atoms with Crippen molar-refractivity contribution < 1.29 is 9.53 Å². The summed E-state index contributed by atoms with van der Waals surface area (Å²) in [5.74, 6) is -1.07. The number of ether oxygens (including phenoxy) is 1. The molecule has 9 nitrogen and oxygen atoms in total. The number of benzene rings is 1. The summed E-state index contributed by atoms with van der Waals surface area (Å²) in [6.07, 6.45) is 0. The van der Waals surface area contributed by atoms with Gasteiger partial charge in [-0.25, -0.2) is 4.79 Å². The number of nitrogens with zero attached hydrogens (tertiary/aromatic N) is 2. The molecule has 1 amide bonds. The first kappa shape index (κ1) is 15.7. The van der Waals surface area contributed by atoms with Crippen LogP contribution >= 0.6 is 0 Å². The van der Waals surface area contributed by atoms with E-state index in [1.807, 2.05) is 6.07 Å². The first-order valence-electron chi connectivity index (χ1n) is 7.83. The molecule has 130 valence electrons. The molecule has 0 saturated carbocycles. The van der Waals surface area contributed by atoms with E-state index in [0.29, 0.717) is 17.8 Å². The summed E-state index contributed by atoms with van der Waals surface area (Å²) >= 11 is 0. The summed E-state index contributed by atoms with van der Waals surface area (Å²) < 4.78 is 5.30. The van der Waals surface area contributed by atoms with E-state index in [0.717, 1.165) is 0 Å². The third-order valence-corrected chi connectivity index (χ3v) is 4.71. The average molecular weight is 351 g/mol. The predicted molar refractivity (Wildman–Crippen MR) is 90.4 cm³/mol. The molecule has 2 aliphatic heterocycles. The minimum Gasteiger partial charge on any atom is -0.423 e. The maximum absolute atomic E-state index is 13.5. The van der Waals surface area contributed by atoms with Gasteiger partial charge in [0.05, 0.1) is 0 Å². The summed E-state index contributed by atoms with van der Waals surface area (Å²) in [6, 6.07) is 8.77. The zero-order valence-corrected chi connectivity index (χ0v) is 13.6. The fraction of sp³-hybridized carbons (Fsp3) is 0.176. The highest BCUT2D eigenvalue weighted by atomic mass is 16.5. The van der Waals surface area contributed by atoms with Crippen LogP contribution in [0, 0.1) is 11.3 Å². The van der Waals surface area contributed by atoms with Gasteiger partial charge in [-0.1, -0.05) is 18.2 Å². The van der Waals surface area contributed by atoms with Gasteiger partial charge in [-0.3, -0.25) is 19.6 Å². The Labute approximate surface area is 146 Å². The number of para-hydroxylation sites is 1. The number of rotatable bonds is 1. The lowest BCUT2D eigenvalue weighted by atomic mass is 9.69. The maximum atomic E-state index is 13.5. The third kappa shape index (κ3) is 1.65. The number of nitrogens with two attached hydrogens (primary N) is 1. The molecule has 9 heteroatoms. The molecule has 1 unspecified atom stereocenters. The Morgan fingerprint density at radius 1 is 1.27 bits per heavy atom. The first-order chi connectivity index (χ1) is 12.5. The van der Waals surface area contributed by atoms with Crippen LogP contribution in [0.1, 0.15) is 18.1 Å². The van der Waals surface area contributed by atoms with Crippen molar-refractivity contribution in [2.24, 2.45) is 5.73 Å². The summed E-state index contributed by atoms with van der Waals surface area (Å²) in [5, 5.41) is 9.74. The van der Waals surface area contributed by atoms with E-state index in [9.17, 15) is 19.6 Å². The number of anilines is 1. The zero-order chi connectivity index (χ0) is 18.6. The Hall–Kier alpha value is -3.80. The molecular formula is C17H13N5O4. The van der Waals surface area contributed by atoms with Crippen LogP contribution in [0.5, 0.6) is 5.88 Å². The van der Waals surface area contributed by atoms with E-state index in [-0.39, 0.29) is 22.9 Å². The van der Waals surface area contributed by atoms with Gasteiger partial charge >= 0.3 is 5.69 Å². The number of nitriles is 1. The maximum Gasteiger partial charge on any atom is 0.328 e. The fourth-order valence-electron chi connectivity index (χ4n) is 3.74. The second-order valence-corrected chi connectivity index (χ2v) is 5.88. The van der Waals surface area contributed by atoms with Gasteiger partial charge in [-0.15, -0.1) is 0 Å². The van der Waals surface area contributed by atoms with Gasteiger partial charge in [0, 0.05) is 17.8 Å². The quantitative estimate of drug-likeness (QED) is 0.649. The normalized spacial score (nSPS) is 20.6. The molecule has 0 saturated heterocycles. The van der Waals surface area contributed by atoms with Crippen LogP contribution in [0.15, 0.2) is 45.3 Å². The van der Waals surface area contributed by atoms with E-state index in [1.54, 1.807) is 31.2 Å². The lowest BCUT2D eigenvalue weighted by Crippen LogP contribution is -2.50. The van der Waals surface area contributed by atoms with Gasteiger partial charge in [-0.2, -0.15) is 5.26 Å². The van der Waals surface area contributed by atoms with E-state index in [4.69, 9.17) is 10.5 Å². The molecular weight excluding hydrogens is 338 g/mol. The van der Waals surface area contributed by atoms with E-state index in [2.05, 4.69) is 9.97 Å². The Balaban J connectivity index is 2.24. The van der Waals surface area contributed by atoms with Crippen LogP contribution in [0.4, 0.5) is 5.69 Å². The van der Waals surface area contributed by atoms with Crippen LogP contribution in [-0.2, 0) is 10.2 Å². The molecule has 3 heterocycles. The monoisotopic (exact) mass is 351 g/mol. The van der Waals surface area contributed by atoms with Crippen molar-refractivity contribution >= 4 is 11.6 Å². The smallest absolute Gasteiger partial charge is 0.328 e.